The number of nitrogens with zero attached hydrogens (tertiary/aromatic N) is 5. The van der Waals surface area contributed by atoms with Crippen molar-refractivity contribution in [2.24, 2.45) is 5.41 Å². The van der Waals surface area contributed by atoms with Crippen molar-refractivity contribution >= 4 is 62.2 Å². The number of carbonyl (C=O) groups is 3. The average molecular weight is 982 g/mol. The molecular formula is C46H54F3N9O8S2. The monoisotopic (exact) mass is 981 g/mol. The lowest BCUT2D eigenvalue weighted by atomic mass is 9.85. The fourth-order valence-electron chi connectivity index (χ4n) is 7.15. The molecule has 3 heterocycles. The molecule has 0 bridgehead atoms. The van der Waals surface area contributed by atoms with Crippen molar-refractivity contribution in [2.75, 3.05) is 54.6 Å². The second-order valence-corrected chi connectivity index (χ2v) is 20.1. The number of rotatable bonds is 19. The third kappa shape index (κ3) is 13.6. The number of aromatic nitrogens is 3. The first-order chi connectivity index (χ1) is 32.1. The summed E-state index contributed by atoms with van der Waals surface area (Å²) in [5.74, 6) is -1.67. The average Bonchev–Trinajstić information content (AvgIpc) is 3.90. The number of thiazole rings is 1. The van der Waals surface area contributed by atoms with Crippen LogP contribution in [-0.4, -0.2) is 109 Å². The molecule has 22 heteroatoms. The summed E-state index contributed by atoms with van der Waals surface area (Å²) in [6.07, 6.45) is -3.93. The first kappa shape index (κ1) is 51.0. The molecule has 0 spiro atoms. The smallest absolute Gasteiger partial charge is 0.421 e. The number of nitrogens with one attached hydrogen (secondary N) is 4. The molecule has 6 rings (SSSR count). The quantitative estimate of drug-likeness (QED) is 0.0612. The Morgan fingerprint density at radius 3 is 2.35 bits per heavy atom. The van der Waals surface area contributed by atoms with Gasteiger partial charge in [-0.2, -0.15) is 18.2 Å². The molecule has 5 N–H and O–H groups in total. The van der Waals surface area contributed by atoms with Gasteiger partial charge >= 0.3 is 6.18 Å². The van der Waals surface area contributed by atoms with Crippen molar-refractivity contribution in [2.45, 2.75) is 71.6 Å². The molecule has 5 aromatic rings. The van der Waals surface area contributed by atoms with E-state index in [9.17, 15) is 41.1 Å². The molecular weight excluding hydrogens is 928 g/mol. The highest BCUT2D eigenvalue weighted by Crippen LogP contribution is 2.35. The topological polar surface area (TPSA) is 217 Å². The van der Waals surface area contributed by atoms with Gasteiger partial charge in [0.15, 0.2) is 0 Å². The Morgan fingerprint density at radius 1 is 0.985 bits per heavy atom. The predicted octanol–water partition coefficient (Wildman–Crippen LogP) is 5.88. The summed E-state index contributed by atoms with van der Waals surface area (Å²) in [6.45, 7) is 7.00. The number of β-amino-alcohol motifs (C(OH)–C–C–N with tert-alkyl or cyclic N) is 1. The van der Waals surface area contributed by atoms with Crippen LogP contribution in [0.15, 0.2) is 84.5 Å². The van der Waals surface area contributed by atoms with Gasteiger partial charge in [-0.25, -0.2) is 18.4 Å². The third-order valence-corrected chi connectivity index (χ3v) is 13.1. The van der Waals surface area contributed by atoms with E-state index in [1.807, 2.05) is 31.2 Å². The van der Waals surface area contributed by atoms with Crippen molar-refractivity contribution in [3.8, 4) is 16.2 Å². The standard InChI is InChI=1S/C46H54F3N9O8S2/c1-28-39(67-27-53-28)31-12-10-29(11-13-31)22-51-42(61)37-21-34(59)25-58(37)43(62)40(45(2,3)4)55-38(60)26-65-18-19-66-35-16-14-32(15-17-35)54-44-52-24-36(46(47,48)49)41(56-44)50-23-30-8-7-9-33(20-30)57(5)68(6,63)64/h7-17,20,24,27,34,37,40,59H,18-19,21-23,25-26H2,1-6H3,(H,51,61)(H,55,60)(H2,50,52,54,56)/t34-,37+,40?/m1/s1. The van der Waals surface area contributed by atoms with E-state index in [-0.39, 0.29) is 45.2 Å². The largest absolute Gasteiger partial charge is 0.491 e. The maximum Gasteiger partial charge on any atom is 0.421 e. The van der Waals surface area contributed by atoms with Crippen LogP contribution in [-0.2, 0) is 48.4 Å². The van der Waals surface area contributed by atoms with E-state index in [0.717, 1.165) is 32.3 Å². The molecule has 1 fully saturated rings. The molecule has 1 aliphatic rings. The van der Waals surface area contributed by atoms with E-state index in [1.165, 1.54) is 18.0 Å². The molecule has 17 nitrogen and oxygen atoms in total. The van der Waals surface area contributed by atoms with Gasteiger partial charge in [0.1, 0.15) is 42.4 Å². The number of anilines is 4. The van der Waals surface area contributed by atoms with Gasteiger partial charge in [0, 0.05) is 45.0 Å². The summed E-state index contributed by atoms with van der Waals surface area (Å²) in [6, 6.07) is 18.5. The molecule has 0 radical (unpaired) electrons. The summed E-state index contributed by atoms with van der Waals surface area (Å²) >= 11 is 1.55. The van der Waals surface area contributed by atoms with Crippen molar-refractivity contribution in [1.29, 1.82) is 0 Å². The van der Waals surface area contributed by atoms with Crippen LogP contribution in [0.3, 0.4) is 0 Å². The minimum atomic E-state index is -4.76. The van der Waals surface area contributed by atoms with Crippen LogP contribution >= 0.6 is 11.3 Å². The van der Waals surface area contributed by atoms with Gasteiger partial charge < -0.3 is 40.7 Å². The first-order valence-corrected chi connectivity index (χ1v) is 24.1. The number of likely N-dealkylation sites (tertiary alicyclic amines) is 1. The molecule has 364 valence electrons. The molecule has 3 aromatic carbocycles. The SMILES string of the molecule is Cc1ncsc1-c1ccc(CNC(=O)[C@@H]2C[C@@H](O)CN2C(=O)C(NC(=O)COCCOc2ccc(Nc3ncc(C(F)(F)F)c(NCc4cccc(N(C)S(C)(=O)=O)c4)n3)cc2)C(C)(C)C)cc1. The van der Waals surface area contributed by atoms with Gasteiger partial charge in [0.25, 0.3) is 0 Å². The van der Waals surface area contributed by atoms with E-state index >= 15 is 0 Å². The lowest BCUT2D eigenvalue weighted by molar-refractivity contribution is -0.144. The van der Waals surface area contributed by atoms with Crippen molar-refractivity contribution in [3.63, 3.8) is 0 Å². The van der Waals surface area contributed by atoms with Crippen LogP contribution < -0.4 is 30.3 Å². The van der Waals surface area contributed by atoms with Gasteiger partial charge in [-0.1, -0.05) is 57.2 Å². The number of amides is 3. The fraction of sp³-hybridized carbons (Fsp3) is 0.391. The summed E-state index contributed by atoms with van der Waals surface area (Å²) in [5, 5.41) is 21.8. The summed E-state index contributed by atoms with van der Waals surface area (Å²) in [4.78, 5) is 55.1. The van der Waals surface area contributed by atoms with E-state index in [1.54, 1.807) is 80.1 Å². The Balaban J connectivity index is 0.961. The summed E-state index contributed by atoms with van der Waals surface area (Å²) in [7, 11) is -2.18. The van der Waals surface area contributed by atoms with E-state index in [0.29, 0.717) is 28.9 Å². The lowest BCUT2D eigenvalue weighted by Crippen LogP contribution is -2.58. The van der Waals surface area contributed by atoms with Gasteiger partial charge in [0.05, 0.1) is 40.7 Å². The lowest BCUT2D eigenvalue weighted by Gasteiger charge is -2.35. The number of aryl methyl sites for hydroxylation is 1. The highest BCUT2D eigenvalue weighted by molar-refractivity contribution is 7.92. The van der Waals surface area contributed by atoms with Crippen LogP contribution in [0.1, 0.15) is 49.6 Å². The zero-order valence-electron chi connectivity index (χ0n) is 38.3. The molecule has 3 amide bonds. The number of ether oxygens (including phenoxy) is 2. The summed E-state index contributed by atoms with van der Waals surface area (Å²) < 4.78 is 77.9. The molecule has 3 atom stereocenters. The van der Waals surface area contributed by atoms with Gasteiger partial charge in [-0.05, 0) is 65.4 Å². The molecule has 1 saturated heterocycles. The minimum absolute atomic E-state index is 0.00357. The second-order valence-electron chi connectivity index (χ2n) is 17.2. The minimum Gasteiger partial charge on any atom is -0.491 e. The number of aliphatic hydroxyl groups excluding tert-OH is 1. The first-order valence-electron chi connectivity index (χ1n) is 21.4. The van der Waals surface area contributed by atoms with Gasteiger partial charge in [-0.3, -0.25) is 18.7 Å². The van der Waals surface area contributed by atoms with Crippen LogP contribution in [0.5, 0.6) is 5.75 Å². The Kier molecular flexibility index (Phi) is 16.3. The zero-order valence-corrected chi connectivity index (χ0v) is 39.9. The van der Waals surface area contributed by atoms with Gasteiger partial charge in [-0.15, -0.1) is 11.3 Å². The molecule has 1 aliphatic heterocycles. The Hall–Kier alpha value is -6.36. The van der Waals surface area contributed by atoms with Crippen LogP contribution in [0, 0.1) is 12.3 Å². The normalized spacial score (nSPS) is 15.6. The molecule has 2 aromatic heterocycles. The highest BCUT2D eigenvalue weighted by atomic mass is 32.2. The number of benzene rings is 3. The predicted molar refractivity (Wildman–Crippen MR) is 252 cm³/mol. The number of aliphatic hydroxyl groups is 1. The molecule has 0 saturated carbocycles. The van der Waals surface area contributed by atoms with Crippen molar-refractivity contribution in [3.05, 3.63) is 107 Å². The number of hydrogen-bond acceptors (Lipinski definition) is 14. The number of carbonyl (C=O) groups excluding carboxylic acids is 3. The van der Waals surface area contributed by atoms with E-state index < -0.39 is 75.5 Å². The van der Waals surface area contributed by atoms with E-state index in [2.05, 4.69) is 36.2 Å². The number of sulfonamides is 1. The Morgan fingerprint density at radius 2 is 1.71 bits per heavy atom. The maximum atomic E-state index is 14.0. The maximum absolute atomic E-state index is 14.0. The van der Waals surface area contributed by atoms with Crippen LogP contribution in [0.25, 0.3) is 10.4 Å². The highest BCUT2D eigenvalue weighted by Gasteiger charge is 2.44. The Bertz CT molecular complexity index is 2660. The summed E-state index contributed by atoms with van der Waals surface area (Å²) in [5.41, 5.74) is 4.05. The zero-order chi connectivity index (χ0) is 49.4. The Labute approximate surface area is 396 Å². The molecule has 0 aliphatic carbocycles. The number of alkyl halides is 3. The molecule has 1 unspecified atom stereocenters. The van der Waals surface area contributed by atoms with Gasteiger partial charge in [0.2, 0.25) is 33.7 Å². The number of halogens is 3. The van der Waals surface area contributed by atoms with Crippen molar-refractivity contribution in [1.82, 2.24) is 30.5 Å². The van der Waals surface area contributed by atoms with Crippen LogP contribution in [0.4, 0.5) is 36.3 Å². The fourth-order valence-corrected chi connectivity index (χ4v) is 8.46. The van der Waals surface area contributed by atoms with Crippen molar-refractivity contribution < 1.29 is 50.6 Å². The van der Waals surface area contributed by atoms with Crippen LogP contribution in [0.2, 0.25) is 0 Å². The molecule has 68 heavy (non-hydrogen) atoms. The number of hydrogen-bond donors (Lipinski definition) is 5. The second kappa shape index (κ2) is 21.7. The third-order valence-electron chi connectivity index (χ3n) is 10.9. The van der Waals surface area contributed by atoms with E-state index in [4.69, 9.17) is 9.47 Å².